The molecule has 4 unspecified atom stereocenters. The Kier molecular flexibility index (Phi) is 32.6. The third-order valence-corrected chi connectivity index (χ3v) is 12.7. The minimum atomic E-state index is -0.0256. The number of Topliss-reactive ketones (excluding diaryl/α,β-unsaturated/α-hetero) is 2. The van der Waals surface area contributed by atoms with Crippen molar-refractivity contribution in [2.45, 2.75) is 58.8 Å². The smallest absolute Gasteiger partial charge is 0.220 e. The van der Waals surface area contributed by atoms with E-state index in [4.69, 9.17) is 18.9 Å². The Hall–Kier alpha value is -0.160. The molecule has 0 spiro atoms. The van der Waals surface area contributed by atoms with E-state index in [1.54, 1.807) is 0 Å². The second-order valence-corrected chi connectivity index (χ2v) is 17.2. The van der Waals surface area contributed by atoms with Gasteiger partial charge in [0.25, 0.3) is 0 Å². The van der Waals surface area contributed by atoms with Gasteiger partial charge in [-0.05, 0) is 37.5 Å². The van der Waals surface area contributed by atoms with Crippen molar-refractivity contribution >= 4 is 56.5 Å². The van der Waals surface area contributed by atoms with Crippen molar-refractivity contribution in [2.24, 2.45) is 0 Å². The maximum absolute atomic E-state index is 11.9. The minimum Gasteiger partial charge on any atom is -0.377 e. The van der Waals surface area contributed by atoms with Crippen LogP contribution in [-0.2, 0) is 38.1 Å². The molecule has 10 nitrogen and oxygen atoms in total. The van der Waals surface area contributed by atoms with Gasteiger partial charge < -0.3 is 29.6 Å². The largest absolute Gasteiger partial charge is 0.377 e. The summed E-state index contributed by atoms with van der Waals surface area (Å²) in [5, 5.41) is 5.64. The molecule has 0 fully saturated rings. The first-order valence-corrected chi connectivity index (χ1v) is 21.6. The first-order valence-electron chi connectivity index (χ1n) is 14.8. The van der Waals surface area contributed by atoms with Crippen molar-refractivity contribution in [3.63, 3.8) is 0 Å². The molecular weight excluding hydrogens is 604 g/mol. The summed E-state index contributed by atoms with van der Waals surface area (Å²) in [6.07, 6.45) is 8.65. The monoisotopic (exact) mass is 658 g/mol. The molecule has 2 N–H and O–H groups in total. The molecule has 4 atom stereocenters. The maximum Gasteiger partial charge on any atom is 0.220 e. The zero-order chi connectivity index (χ0) is 30.2. The van der Waals surface area contributed by atoms with Crippen LogP contribution in [0.15, 0.2) is 0 Å². The number of hydrogen-bond acceptors (Lipinski definition) is 8. The van der Waals surface area contributed by atoms with E-state index in [2.05, 4.69) is 24.5 Å². The lowest BCUT2D eigenvalue weighted by Gasteiger charge is -2.08. The van der Waals surface area contributed by atoms with Crippen LogP contribution in [0.3, 0.4) is 0 Å². The first-order chi connectivity index (χ1) is 20.0. The average Bonchev–Trinajstić information content (AvgIpc) is 2.96. The number of amides is 2. The van der Waals surface area contributed by atoms with E-state index in [1.165, 1.54) is 12.3 Å². The van der Waals surface area contributed by atoms with Gasteiger partial charge in [-0.2, -0.15) is 0 Å². The average molecular weight is 659 g/mol. The molecule has 41 heavy (non-hydrogen) atoms. The molecule has 0 aromatic rings. The van der Waals surface area contributed by atoms with Crippen molar-refractivity contribution in [3.05, 3.63) is 0 Å². The van der Waals surface area contributed by atoms with Crippen molar-refractivity contribution in [1.29, 1.82) is 0 Å². The predicted octanol–water partition coefficient (Wildman–Crippen LogP) is 3.74. The van der Waals surface area contributed by atoms with Gasteiger partial charge in [-0.3, -0.25) is 19.2 Å². The Balaban J connectivity index is 3.38. The molecular formula is C27H54N2O8P4. The Morgan fingerprint density at radius 2 is 0.927 bits per heavy atom. The molecule has 0 aliphatic rings. The van der Waals surface area contributed by atoms with E-state index in [0.29, 0.717) is 78.4 Å². The van der Waals surface area contributed by atoms with Gasteiger partial charge in [0.2, 0.25) is 11.8 Å². The summed E-state index contributed by atoms with van der Waals surface area (Å²) in [6.45, 7) is 7.83. The maximum atomic E-state index is 11.9. The van der Waals surface area contributed by atoms with Crippen LogP contribution in [0.25, 0.3) is 0 Å². The summed E-state index contributed by atoms with van der Waals surface area (Å²) in [5.74, 6) is 0.242. The minimum absolute atomic E-state index is 0.0256. The molecule has 0 radical (unpaired) electrons. The number of ketones is 2. The summed E-state index contributed by atoms with van der Waals surface area (Å²) in [5.41, 5.74) is 0. The second-order valence-electron chi connectivity index (χ2n) is 9.08. The van der Waals surface area contributed by atoms with Gasteiger partial charge >= 0.3 is 0 Å². The molecule has 0 aromatic carbocycles. The van der Waals surface area contributed by atoms with Crippen LogP contribution in [-0.4, -0.2) is 114 Å². The van der Waals surface area contributed by atoms with Gasteiger partial charge in [0.1, 0.15) is 13.2 Å². The van der Waals surface area contributed by atoms with E-state index in [0.717, 1.165) is 64.7 Å². The van der Waals surface area contributed by atoms with E-state index >= 15 is 0 Å². The van der Waals surface area contributed by atoms with Crippen LogP contribution in [0.1, 0.15) is 58.8 Å². The number of unbranched alkanes of at least 4 members (excludes halogenated alkanes) is 2. The highest BCUT2D eigenvalue weighted by atomic mass is 32.0. The molecule has 0 heterocycles. The topological polar surface area (TPSA) is 129 Å². The Morgan fingerprint density at radius 3 is 1.34 bits per heavy atom. The molecule has 2 amide bonds. The molecule has 14 heteroatoms. The zero-order valence-electron chi connectivity index (χ0n) is 25.1. The Labute approximate surface area is 254 Å². The number of rotatable bonds is 32. The SMILES string of the molecule is CCPPCCC(=O)COCCOCCNC(=O)CCCCCC(=O)NCCOCCOCC(=O)CCPPCC. The molecule has 0 aliphatic carbocycles. The molecule has 0 saturated heterocycles. The number of hydrogen-bond donors (Lipinski definition) is 2. The van der Waals surface area contributed by atoms with E-state index in [9.17, 15) is 19.2 Å². The van der Waals surface area contributed by atoms with Crippen LogP contribution in [0.5, 0.6) is 0 Å². The quantitative estimate of drug-likeness (QED) is 0.0827. The van der Waals surface area contributed by atoms with Gasteiger partial charge in [0, 0.05) is 38.8 Å². The standard InChI is InChI=1S/C27H54N2O8P4/c1-3-38-40-20-10-24(30)22-36-18-16-34-14-12-28-26(32)8-6-5-7-9-27(33)29-13-15-35-17-19-37-23-25(31)11-21-41-39-4-2/h38-41H,3-23H2,1-2H3,(H,28,32)(H,29,33). The third-order valence-electron chi connectivity index (χ3n) is 5.38. The van der Waals surface area contributed by atoms with Gasteiger partial charge in [-0.15, -0.1) is 0 Å². The zero-order valence-corrected chi connectivity index (χ0v) is 29.1. The number of carbonyl (C=O) groups is 4. The van der Waals surface area contributed by atoms with Crippen LogP contribution in [0.4, 0.5) is 0 Å². The second kappa shape index (κ2) is 32.7. The molecule has 0 rings (SSSR count). The van der Waals surface area contributed by atoms with Crippen LogP contribution < -0.4 is 10.6 Å². The lowest BCUT2D eigenvalue weighted by atomic mass is 10.1. The summed E-state index contributed by atoms with van der Waals surface area (Å²) in [6, 6.07) is 0. The van der Waals surface area contributed by atoms with E-state index in [1.807, 2.05) is 0 Å². The summed E-state index contributed by atoms with van der Waals surface area (Å²) >= 11 is 0. The fourth-order valence-corrected chi connectivity index (χ4v) is 8.21. The van der Waals surface area contributed by atoms with Crippen LogP contribution >= 0.6 is 33.1 Å². The highest BCUT2D eigenvalue weighted by Gasteiger charge is 2.05. The van der Waals surface area contributed by atoms with Crippen LogP contribution in [0, 0.1) is 0 Å². The fourth-order valence-electron chi connectivity index (χ4n) is 3.24. The van der Waals surface area contributed by atoms with Gasteiger partial charge in [-0.25, -0.2) is 0 Å². The lowest BCUT2D eigenvalue weighted by Crippen LogP contribution is -2.28. The molecule has 0 saturated carbocycles. The van der Waals surface area contributed by atoms with Crippen molar-refractivity contribution < 1.29 is 38.1 Å². The van der Waals surface area contributed by atoms with Gasteiger partial charge in [-0.1, -0.05) is 53.3 Å². The van der Waals surface area contributed by atoms with Crippen molar-refractivity contribution in [1.82, 2.24) is 10.6 Å². The first kappa shape index (κ1) is 40.8. The van der Waals surface area contributed by atoms with Crippen molar-refractivity contribution in [3.8, 4) is 0 Å². The lowest BCUT2D eigenvalue weighted by molar-refractivity contribution is -0.124. The van der Waals surface area contributed by atoms with Gasteiger partial charge in [0.15, 0.2) is 11.6 Å². The Bertz CT molecular complexity index is 623. The number of ether oxygens (including phenoxy) is 4. The highest BCUT2D eigenvalue weighted by molar-refractivity contribution is 8.12. The summed E-state index contributed by atoms with van der Waals surface area (Å²) in [7, 11) is 3.71. The normalized spacial score (nSPS) is 12.1. The Morgan fingerprint density at radius 1 is 0.512 bits per heavy atom. The van der Waals surface area contributed by atoms with Crippen LogP contribution in [0.2, 0.25) is 0 Å². The van der Waals surface area contributed by atoms with E-state index < -0.39 is 0 Å². The van der Waals surface area contributed by atoms with Crippen molar-refractivity contribution in [2.75, 3.05) is 90.6 Å². The fraction of sp³-hybridized carbons (Fsp3) is 0.852. The summed E-state index contributed by atoms with van der Waals surface area (Å²) < 4.78 is 21.5. The number of carbonyl (C=O) groups excluding carboxylic acids is 4. The van der Waals surface area contributed by atoms with Gasteiger partial charge in [0.05, 0.1) is 39.6 Å². The molecule has 0 aliphatic heterocycles. The highest BCUT2D eigenvalue weighted by Crippen LogP contribution is 2.36. The molecule has 0 aromatic heterocycles. The summed E-state index contributed by atoms with van der Waals surface area (Å²) in [4.78, 5) is 47.1. The third kappa shape index (κ3) is 32.6. The predicted molar refractivity (Wildman–Crippen MR) is 176 cm³/mol. The molecule has 0 bridgehead atoms. The molecule has 240 valence electrons. The van der Waals surface area contributed by atoms with E-state index in [-0.39, 0.29) is 36.6 Å². The number of nitrogens with one attached hydrogen (secondary N) is 2.